The summed E-state index contributed by atoms with van der Waals surface area (Å²) in [4.78, 5) is 80.5. The number of para-hydroxylation sites is 4. The number of benzene rings is 14. The molecule has 7 aromatic heterocycles. The second-order valence-corrected chi connectivity index (χ2v) is 31.8. The van der Waals surface area contributed by atoms with Crippen molar-refractivity contribution in [3.05, 3.63) is 456 Å². The van der Waals surface area contributed by atoms with Gasteiger partial charge in [-0.1, -0.05) is 266 Å². The van der Waals surface area contributed by atoms with Gasteiger partial charge in [0.25, 0.3) is 22.6 Å². The van der Waals surface area contributed by atoms with E-state index in [1.54, 1.807) is 24.4 Å². The monoisotopic (exact) mass is 1620 g/mol. The first-order chi connectivity index (χ1) is 62.1. The largest absolute Gasteiger partial charge is 0.361 e. The predicted octanol–water partition coefficient (Wildman–Crippen LogP) is 23.7. The molecule has 1 amide bonds. The van der Waals surface area contributed by atoms with E-state index in [0.717, 1.165) is 167 Å². The van der Waals surface area contributed by atoms with Gasteiger partial charge in [0.2, 0.25) is 0 Å². The molecule has 0 bridgehead atoms. The molecule has 0 saturated heterocycles. The van der Waals surface area contributed by atoms with Crippen molar-refractivity contribution in [3.63, 3.8) is 0 Å². The number of rotatable bonds is 14. The van der Waals surface area contributed by atoms with Crippen LogP contribution in [-0.2, 0) is 0 Å². The maximum absolute atomic E-state index is 13.9. The Morgan fingerprint density at radius 1 is 0.325 bits per heavy atom. The number of pyridine rings is 3. The number of hydrogen-bond acceptors (Lipinski definition) is 9. The van der Waals surface area contributed by atoms with Gasteiger partial charge in [0.15, 0.2) is 5.65 Å². The molecular weight excluding hydrogens is 1550 g/mol. The number of fused-ring (bicyclic) bond motifs is 8. The molecule has 0 aliphatic carbocycles. The number of H-pyrrole nitrogens is 1. The minimum Gasteiger partial charge on any atom is -0.361 e. The van der Waals surface area contributed by atoms with Crippen molar-refractivity contribution in [3.8, 4) is 145 Å². The highest BCUT2D eigenvalue weighted by Crippen LogP contribution is 2.47. The number of allylic oxidation sites excluding steroid dienone is 2. The van der Waals surface area contributed by atoms with Gasteiger partial charge in [-0.05, 0) is 250 Å². The fraction of sp³-hybridized carbons (Fsp3) is 0.00893. The lowest BCUT2D eigenvalue weighted by molar-refractivity contribution is -0.533. The summed E-state index contributed by atoms with van der Waals surface area (Å²) < 4.78 is 4.78. The number of aromatic amines is 1. The van der Waals surface area contributed by atoms with E-state index in [1.807, 2.05) is 170 Å². The van der Waals surface area contributed by atoms with Gasteiger partial charge in [0.1, 0.15) is 29.3 Å². The Bertz CT molecular complexity index is 8200. The van der Waals surface area contributed by atoms with Crippen LogP contribution in [0, 0.1) is 6.20 Å². The predicted molar refractivity (Wildman–Crippen MR) is 505 cm³/mol. The molecule has 23 rings (SSSR count). The first kappa shape index (κ1) is 73.9. The number of nitrogens with one attached hydrogen (secondary N) is 2. The van der Waals surface area contributed by atoms with Gasteiger partial charge < -0.3 is 5.32 Å². The summed E-state index contributed by atoms with van der Waals surface area (Å²) in [6.07, 6.45) is 14.3. The van der Waals surface area contributed by atoms with Crippen LogP contribution in [0.2, 0.25) is 0 Å². The molecule has 2 aliphatic heterocycles. The number of carbonyl (C=O) groups excluding carboxylic acids is 1. The maximum Gasteiger partial charge on any atom is 0.266 e. The van der Waals surface area contributed by atoms with Crippen LogP contribution in [0.5, 0.6) is 0 Å². The minimum atomic E-state index is -0.393. The van der Waals surface area contributed by atoms with Crippen molar-refractivity contribution >= 4 is 66.8 Å². The molecule has 21 aromatic rings. The van der Waals surface area contributed by atoms with Gasteiger partial charge in [-0.3, -0.25) is 42.3 Å². The summed E-state index contributed by atoms with van der Waals surface area (Å²) >= 11 is 0. The molecule has 126 heavy (non-hydrogen) atoms. The molecule has 2 N–H and O–H groups in total. The molecule has 14 nitrogen and oxygen atoms in total. The van der Waals surface area contributed by atoms with Crippen LogP contribution in [0.15, 0.2) is 422 Å². The Hall–Kier alpha value is -17.2. The van der Waals surface area contributed by atoms with Crippen molar-refractivity contribution in [2.24, 2.45) is 0 Å². The van der Waals surface area contributed by atoms with Gasteiger partial charge in [-0.2, -0.15) is 0 Å². The molecule has 14 heteroatoms. The lowest BCUT2D eigenvalue weighted by atomic mass is 9.86. The minimum absolute atomic E-state index is 0.0553. The Kier molecular flexibility index (Phi) is 17.9. The summed E-state index contributed by atoms with van der Waals surface area (Å²) in [5, 5.41) is 5.32. The van der Waals surface area contributed by atoms with E-state index in [2.05, 4.69) is 247 Å². The van der Waals surface area contributed by atoms with E-state index in [1.165, 1.54) is 0 Å². The van der Waals surface area contributed by atoms with Gasteiger partial charge >= 0.3 is 0 Å². The van der Waals surface area contributed by atoms with Crippen molar-refractivity contribution in [2.45, 2.75) is 6.17 Å². The van der Waals surface area contributed by atoms with Crippen LogP contribution in [0.4, 0.5) is 5.69 Å². The second kappa shape index (κ2) is 30.5. The van der Waals surface area contributed by atoms with Crippen LogP contribution in [-0.4, -0.2) is 50.7 Å². The normalized spacial score (nSPS) is 13.0. The summed E-state index contributed by atoms with van der Waals surface area (Å²) in [6, 6.07) is 126. The summed E-state index contributed by atoms with van der Waals surface area (Å²) in [5.41, 5.74) is 32.0. The number of nitrogens with zero attached hydrogens (tertiary/aromatic N) is 8. The van der Waals surface area contributed by atoms with Crippen LogP contribution in [0.3, 0.4) is 0 Å². The van der Waals surface area contributed by atoms with Crippen LogP contribution in [0.1, 0.15) is 15.9 Å². The third kappa shape index (κ3) is 13.0. The highest BCUT2D eigenvalue weighted by Gasteiger charge is 2.32. The van der Waals surface area contributed by atoms with Gasteiger partial charge in [-0.25, -0.2) is 19.9 Å². The smallest absolute Gasteiger partial charge is 0.266 e. The lowest BCUT2D eigenvalue weighted by Crippen LogP contribution is -2.45. The van der Waals surface area contributed by atoms with E-state index in [0.29, 0.717) is 49.7 Å². The first-order valence-corrected chi connectivity index (χ1v) is 41.8. The van der Waals surface area contributed by atoms with Crippen molar-refractivity contribution in [2.75, 3.05) is 5.32 Å². The zero-order valence-electron chi connectivity index (χ0n) is 67.5. The number of anilines is 1. The van der Waals surface area contributed by atoms with Crippen molar-refractivity contribution in [1.29, 1.82) is 0 Å². The second-order valence-electron chi connectivity index (χ2n) is 31.8. The quantitative estimate of drug-likeness (QED) is 0.0613. The van der Waals surface area contributed by atoms with Gasteiger partial charge in [0.05, 0.1) is 44.1 Å². The molecule has 14 aromatic carbocycles. The lowest BCUT2D eigenvalue weighted by Gasteiger charge is -2.36. The van der Waals surface area contributed by atoms with E-state index >= 15 is 0 Å². The van der Waals surface area contributed by atoms with E-state index in [9.17, 15) is 19.2 Å². The van der Waals surface area contributed by atoms with Crippen LogP contribution in [0.25, 0.3) is 200 Å². The number of amides is 1. The van der Waals surface area contributed by atoms with Gasteiger partial charge in [-0.15, -0.1) is 0 Å². The number of hydrogen-bond donors (Lipinski definition) is 2. The van der Waals surface area contributed by atoms with Crippen molar-refractivity contribution in [1.82, 2.24) is 38.6 Å². The zero-order valence-corrected chi connectivity index (χ0v) is 67.5. The standard InChI is InChI=1S/C112H70N10O4/c123-109-95-33-13-17-37-99(95)115-105-63-73(49-53-119(105)109)85-23-3-9-29-91(85)79-57-77(58-80(61-79)92-30-10-4-24-86(92)74-50-54-120-106(64-74)116-100-38-18-14-34-96(100)110(120)124)89-27-7-1-21-83(89)69-41-45-71(46-42-69)103-67-104(114-68-113-103)72-47-43-70(44-48-72)84-22-2-8-28-90(84)78-59-81(93-31-11-5-25-87(93)75-51-55-121-107(65-75)117-101-39-19-15-35-97(101)111(121)125)62-82(60-78)94-32-12-6-26-88(94)76-52-56-122-108(66-76)118-102-40-20-16-36-98(102)112(122)126/h1-55,57-68,105,115,118H. The van der Waals surface area contributed by atoms with E-state index < -0.39 is 6.17 Å². The maximum atomic E-state index is 13.9. The third-order valence-electron chi connectivity index (χ3n) is 24.5. The third-order valence-corrected chi connectivity index (χ3v) is 24.5. The topological polar surface area (TPSA) is 164 Å². The molecular formula is C112H70N10O4. The average molecular weight is 1620 g/mol. The fourth-order valence-corrected chi connectivity index (χ4v) is 18.3. The Balaban J connectivity index is 0.584. The fourth-order valence-electron chi connectivity index (χ4n) is 18.3. The molecule has 0 spiro atoms. The Morgan fingerprint density at radius 3 is 1.17 bits per heavy atom. The summed E-state index contributed by atoms with van der Waals surface area (Å²) in [7, 11) is 0. The summed E-state index contributed by atoms with van der Waals surface area (Å²) in [6.45, 7) is 0. The molecule has 0 saturated carbocycles. The van der Waals surface area contributed by atoms with E-state index in [4.69, 9.17) is 19.9 Å². The highest BCUT2D eigenvalue weighted by molar-refractivity contribution is 6.04. The average Bonchev–Trinajstić information content (AvgIpc) is 0.769. The first-order valence-electron chi connectivity index (χ1n) is 41.8. The van der Waals surface area contributed by atoms with Crippen LogP contribution >= 0.6 is 0 Å². The van der Waals surface area contributed by atoms with Gasteiger partial charge in [0, 0.05) is 41.6 Å². The Morgan fingerprint density at radius 2 is 0.698 bits per heavy atom. The van der Waals surface area contributed by atoms with Crippen LogP contribution < -0.4 is 26.4 Å². The zero-order chi connectivity index (χ0) is 84.0. The van der Waals surface area contributed by atoms with E-state index in [-0.39, 0.29) is 22.6 Å². The molecule has 0 radical (unpaired) electrons. The number of carbonyl (C=O) groups is 1. The molecule has 2 aliphatic rings. The SMILES string of the molecule is O=C1c2ccccc2NC2C=C(c3ccccc3-c3cc(-c4ccccc4-c4ccc(-c5cc(-c6ccc(-c7ccccc7-c7cc(-c8ccccc8-c8ccn9c(=O)c%10ccccc%10nc9c8)cc(-c8ccccc8-c8c[c-][n+]9c(=O)c%10ccccc%10[nH]c9c8)c7)cc6)ncn5)cc4)cc(-c4ccccc4-c4ccn5c(=O)c6ccccc6nc5c4)c3)C=CN12. The molecule has 592 valence electrons. The van der Waals surface area contributed by atoms with Crippen molar-refractivity contribution < 1.29 is 9.20 Å². The molecule has 1 atom stereocenters. The molecule has 9 heterocycles. The Labute approximate surface area is 722 Å². The number of aromatic nitrogens is 8. The molecule has 1 unspecified atom stereocenters. The highest BCUT2D eigenvalue weighted by atomic mass is 16.2. The summed E-state index contributed by atoms with van der Waals surface area (Å²) in [5.74, 6) is -0.0553. The molecule has 0 fully saturated rings.